The first-order valence-corrected chi connectivity index (χ1v) is 11.6. The van der Waals surface area contributed by atoms with Crippen LogP contribution in [0.15, 0.2) is 23.8 Å². The summed E-state index contributed by atoms with van der Waals surface area (Å²) in [5.74, 6) is -1.90. The van der Waals surface area contributed by atoms with E-state index in [1.54, 1.807) is 13.8 Å². The highest BCUT2D eigenvalue weighted by molar-refractivity contribution is 6.11. The lowest BCUT2D eigenvalue weighted by Gasteiger charge is -2.54. The van der Waals surface area contributed by atoms with Crippen molar-refractivity contribution in [3.63, 3.8) is 0 Å². The zero-order valence-corrected chi connectivity index (χ0v) is 19.6. The number of hydrogen-bond acceptors (Lipinski definition) is 8. The van der Waals surface area contributed by atoms with Gasteiger partial charge in [-0.05, 0) is 46.6 Å². The Morgan fingerprint density at radius 1 is 1.06 bits per heavy atom. The maximum Gasteiger partial charge on any atom is 0.331 e. The second-order valence-corrected chi connectivity index (χ2v) is 12.2. The molecule has 0 unspecified atom stereocenters. The minimum atomic E-state index is -2.06. The summed E-state index contributed by atoms with van der Waals surface area (Å²) in [6.45, 7) is 15.1. The number of rotatable bonds is 0. The molecule has 1 N–H and O–H groups in total. The Balaban J connectivity index is 1.57. The fraction of sp³-hybridized carbons (Fsp3) is 0.720. The molecule has 0 radical (unpaired) electrons. The number of ether oxygens (including phenoxy) is 4. The zero-order valence-electron chi connectivity index (χ0n) is 19.6. The largest absolute Gasteiger partial charge is 0.458 e. The number of esters is 2. The van der Waals surface area contributed by atoms with Gasteiger partial charge in [0.05, 0.1) is 17.1 Å². The van der Waals surface area contributed by atoms with Crippen molar-refractivity contribution in [2.75, 3.05) is 0 Å². The second-order valence-electron chi connectivity index (χ2n) is 12.2. The van der Waals surface area contributed by atoms with Crippen LogP contribution in [0.3, 0.4) is 0 Å². The molecule has 8 nitrogen and oxygen atoms in total. The van der Waals surface area contributed by atoms with Gasteiger partial charge >= 0.3 is 11.9 Å². The Labute approximate surface area is 191 Å². The number of ketones is 1. The molecule has 0 amide bonds. The number of cyclic esters (lactones) is 2. The number of aliphatic hydroxyl groups is 1. The molecule has 10 atom stereocenters. The Bertz CT molecular complexity index is 1180. The van der Waals surface area contributed by atoms with Crippen molar-refractivity contribution in [3.05, 3.63) is 23.8 Å². The first kappa shape index (κ1) is 20.4. The van der Waals surface area contributed by atoms with Gasteiger partial charge in [-0.3, -0.25) is 9.59 Å². The standard InChI is InChI=1S/C25H28O8/c1-10-20(5)9-13-21(6,23(10)18(28)30-11(2)24(23,29)17(20)27)15-16-25(33-16)12(22(13,7)32-15)8-14(26)31-19(25,3)4/h8,11,13,15-16,29H,1,9H2,2-7H3/t11-,13-,15+,16-,20-,21-,22+,23-,24-,25+/m1/s1. The summed E-state index contributed by atoms with van der Waals surface area (Å²) in [4.78, 5) is 40.3. The summed E-state index contributed by atoms with van der Waals surface area (Å²) in [6.07, 6.45) is -0.366. The van der Waals surface area contributed by atoms with Gasteiger partial charge < -0.3 is 24.1 Å². The van der Waals surface area contributed by atoms with Crippen molar-refractivity contribution < 1.29 is 38.4 Å². The molecule has 7 rings (SSSR count). The van der Waals surface area contributed by atoms with Gasteiger partial charge in [0, 0.05) is 23.0 Å². The number of Topliss-reactive ketones (excluding diaryl/α,β-unsaturated/α-hetero) is 1. The molecule has 0 aromatic carbocycles. The van der Waals surface area contributed by atoms with Crippen molar-refractivity contribution in [2.45, 2.75) is 88.7 Å². The molecule has 3 aliphatic carbocycles. The van der Waals surface area contributed by atoms with E-state index >= 15 is 0 Å². The Morgan fingerprint density at radius 2 is 1.73 bits per heavy atom. The van der Waals surface area contributed by atoms with E-state index in [0.29, 0.717) is 17.6 Å². The van der Waals surface area contributed by atoms with E-state index in [1.807, 2.05) is 27.7 Å². The summed E-state index contributed by atoms with van der Waals surface area (Å²) in [7, 11) is 0. The molecule has 4 heterocycles. The molecule has 0 aromatic rings. The molecule has 3 saturated heterocycles. The predicted molar refractivity (Wildman–Crippen MR) is 111 cm³/mol. The van der Waals surface area contributed by atoms with Crippen molar-refractivity contribution in [3.8, 4) is 0 Å². The van der Waals surface area contributed by atoms with Crippen LogP contribution in [0.5, 0.6) is 0 Å². The van der Waals surface area contributed by atoms with Gasteiger partial charge in [0.15, 0.2) is 17.0 Å². The highest BCUT2D eigenvalue weighted by Gasteiger charge is 2.96. The smallest absolute Gasteiger partial charge is 0.331 e. The number of hydrogen-bond donors (Lipinski definition) is 1. The molecule has 4 aliphatic heterocycles. The van der Waals surface area contributed by atoms with Crippen LogP contribution in [0.25, 0.3) is 0 Å². The maximum atomic E-state index is 13.9. The van der Waals surface area contributed by atoms with Crippen molar-refractivity contribution in [2.24, 2.45) is 22.2 Å². The van der Waals surface area contributed by atoms with Gasteiger partial charge in [-0.1, -0.05) is 13.5 Å². The maximum absolute atomic E-state index is 13.9. The van der Waals surface area contributed by atoms with E-state index in [-0.39, 0.29) is 5.92 Å². The Hall–Kier alpha value is -2.03. The number of fused-ring (bicyclic) bond motifs is 3. The average Bonchev–Trinajstić information content (AvgIpc) is 3.36. The van der Waals surface area contributed by atoms with E-state index < -0.39 is 74.7 Å². The van der Waals surface area contributed by atoms with E-state index in [4.69, 9.17) is 18.9 Å². The topological polar surface area (TPSA) is 112 Å². The fourth-order valence-corrected chi connectivity index (χ4v) is 9.36. The first-order valence-electron chi connectivity index (χ1n) is 11.6. The zero-order chi connectivity index (χ0) is 23.9. The van der Waals surface area contributed by atoms with E-state index in [0.717, 1.165) is 0 Å². The summed E-state index contributed by atoms with van der Waals surface area (Å²) >= 11 is 0. The molecule has 6 fully saturated rings. The molecular formula is C25H28O8. The first-order chi connectivity index (χ1) is 15.1. The molecule has 176 valence electrons. The molecule has 8 heteroatoms. The minimum absolute atomic E-state index is 0.341. The van der Waals surface area contributed by atoms with Gasteiger partial charge in [0.2, 0.25) is 0 Å². The van der Waals surface area contributed by atoms with Crippen LogP contribution in [-0.4, -0.2) is 63.5 Å². The predicted octanol–water partition coefficient (Wildman–Crippen LogP) is 1.39. The normalized spacial score (nSPS) is 60.9. The Kier molecular flexibility index (Phi) is 2.91. The summed E-state index contributed by atoms with van der Waals surface area (Å²) in [5.41, 5.74) is -7.66. The number of carbonyl (C=O) groups is 3. The van der Waals surface area contributed by atoms with Gasteiger partial charge in [-0.15, -0.1) is 0 Å². The molecule has 2 spiro atoms. The molecule has 7 aliphatic rings. The van der Waals surface area contributed by atoms with Crippen LogP contribution < -0.4 is 0 Å². The van der Waals surface area contributed by atoms with Crippen LogP contribution in [0.1, 0.15) is 48.0 Å². The van der Waals surface area contributed by atoms with Crippen molar-refractivity contribution >= 4 is 17.7 Å². The van der Waals surface area contributed by atoms with E-state index in [9.17, 15) is 19.5 Å². The fourth-order valence-electron chi connectivity index (χ4n) is 9.36. The van der Waals surface area contributed by atoms with Gasteiger partial charge in [0.1, 0.15) is 23.2 Å². The Morgan fingerprint density at radius 3 is 2.39 bits per heavy atom. The average molecular weight is 456 g/mol. The van der Waals surface area contributed by atoms with E-state index in [1.165, 1.54) is 6.08 Å². The third-order valence-electron chi connectivity index (χ3n) is 10.9. The third kappa shape index (κ3) is 1.45. The number of carbonyl (C=O) groups excluding carboxylic acids is 3. The minimum Gasteiger partial charge on any atom is -0.458 e. The van der Waals surface area contributed by atoms with Gasteiger partial charge in [-0.25, -0.2) is 4.79 Å². The molecular weight excluding hydrogens is 428 g/mol. The monoisotopic (exact) mass is 456 g/mol. The highest BCUT2D eigenvalue weighted by atomic mass is 16.7. The van der Waals surface area contributed by atoms with E-state index in [2.05, 4.69) is 6.58 Å². The number of epoxide rings is 1. The van der Waals surface area contributed by atoms with Gasteiger partial charge in [0.25, 0.3) is 0 Å². The van der Waals surface area contributed by atoms with Crippen molar-refractivity contribution in [1.82, 2.24) is 0 Å². The van der Waals surface area contributed by atoms with Crippen LogP contribution in [0.2, 0.25) is 0 Å². The molecule has 4 bridgehead atoms. The lowest BCUT2D eigenvalue weighted by Crippen LogP contribution is -2.65. The van der Waals surface area contributed by atoms with Gasteiger partial charge in [-0.2, -0.15) is 0 Å². The summed E-state index contributed by atoms with van der Waals surface area (Å²) in [5, 5.41) is 12.1. The van der Waals surface area contributed by atoms with Crippen LogP contribution in [-0.2, 0) is 33.3 Å². The summed E-state index contributed by atoms with van der Waals surface area (Å²) in [6, 6.07) is 0. The molecule has 3 saturated carbocycles. The lowest BCUT2D eigenvalue weighted by molar-refractivity contribution is -0.168. The third-order valence-corrected chi connectivity index (χ3v) is 10.9. The molecule has 0 aromatic heterocycles. The highest BCUT2D eigenvalue weighted by Crippen LogP contribution is 2.84. The van der Waals surface area contributed by atoms with Crippen LogP contribution >= 0.6 is 0 Å². The van der Waals surface area contributed by atoms with Crippen LogP contribution in [0.4, 0.5) is 0 Å². The lowest BCUT2D eigenvalue weighted by atomic mass is 9.44. The summed E-state index contributed by atoms with van der Waals surface area (Å²) < 4.78 is 24.4. The SMILES string of the molecule is C=C1[C@@]2(C)C[C@@H]3[C@](C)([C@H]4O[C@@]3(C)C3=CC(=O)OC(C)(C)[C@]35O[C@H]45)[C@]13C(=O)O[C@H](C)[C@@]3(O)C2=O. The second kappa shape index (κ2) is 4.72. The quantitative estimate of drug-likeness (QED) is 0.331. The molecule has 33 heavy (non-hydrogen) atoms. The van der Waals surface area contributed by atoms with Crippen molar-refractivity contribution in [1.29, 1.82) is 0 Å². The van der Waals surface area contributed by atoms with Crippen LogP contribution in [0, 0.1) is 22.2 Å².